The molecule has 0 aliphatic carbocycles. The van der Waals surface area contributed by atoms with E-state index in [1.807, 2.05) is 62.4 Å². The summed E-state index contributed by atoms with van der Waals surface area (Å²) in [6.07, 6.45) is 1.57. The first-order chi connectivity index (χ1) is 13.5. The van der Waals surface area contributed by atoms with Crippen LogP contribution in [0.4, 0.5) is 5.69 Å². The lowest BCUT2D eigenvalue weighted by Gasteiger charge is -2.12. The monoisotopic (exact) mass is 390 g/mol. The molecule has 0 unspecified atom stereocenters. The molecule has 0 saturated heterocycles. The molecule has 1 N–H and O–H groups in total. The van der Waals surface area contributed by atoms with Crippen LogP contribution < -0.4 is 10.1 Å². The largest absolute Gasteiger partial charge is 0.493 e. The molecule has 0 aromatic heterocycles. The van der Waals surface area contributed by atoms with E-state index in [1.54, 1.807) is 18.2 Å². The molecule has 3 aromatic carbocycles. The molecular formula is C23H19ClN2O2. The number of aryl methyl sites for hydroxylation is 1. The molecule has 0 heterocycles. The number of rotatable bonds is 5. The normalized spacial score (nSPS) is 11.1. The van der Waals surface area contributed by atoms with Crippen molar-refractivity contribution in [1.82, 2.24) is 0 Å². The molecule has 0 radical (unpaired) electrons. The number of amides is 1. The van der Waals surface area contributed by atoms with Gasteiger partial charge in [-0.1, -0.05) is 48.0 Å². The lowest BCUT2D eigenvalue weighted by atomic mass is 10.0. The highest BCUT2D eigenvalue weighted by molar-refractivity contribution is 6.31. The highest BCUT2D eigenvalue weighted by Crippen LogP contribution is 2.30. The van der Waals surface area contributed by atoms with Crippen molar-refractivity contribution < 1.29 is 9.53 Å². The van der Waals surface area contributed by atoms with Crippen LogP contribution >= 0.6 is 11.6 Å². The summed E-state index contributed by atoms with van der Waals surface area (Å²) < 4.78 is 5.72. The molecule has 28 heavy (non-hydrogen) atoms. The molecule has 0 saturated carbocycles. The first-order valence-corrected chi connectivity index (χ1v) is 9.25. The Morgan fingerprint density at radius 1 is 1.21 bits per heavy atom. The van der Waals surface area contributed by atoms with E-state index < -0.39 is 5.91 Å². The van der Waals surface area contributed by atoms with Gasteiger partial charge in [-0.25, -0.2) is 0 Å². The fraction of sp³-hybridized carbons (Fsp3) is 0.130. The number of nitrogens with one attached hydrogen (secondary N) is 1. The van der Waals surface area contributed by atoms with E-state index in [2.05, 4.69) is 5.32 Å². The first-order valence-electron chi connectivity index (χ1n) is 8.87. The van der Waals surface area contributed by atoms with Crippen molar-refractivity contribution in [2.45, 2.75) is 13.8 Å². The molecule has 0 atom stereocenters. The summed E-state index contributed by atoms with van der Waals surface area (Å²) in [6, 6.07) is 18.8. The molecule has 0 aliphatic rings. The number of halogens is 1. The van der Waals surface area contributed by atoms with E-state index in [0.717, 1.165) is 16.3 Å². The second kappa shape index (κ2) is 8.60. The van der Waals surface area contributed by atoms with E-state index in [1.165, 1.54) is 0 Å². The van der Waals surface area contributed by atoms with Gasteiger partial charge in [0.2, 0.25) is 0 Å². The van der Waals surface area contributed by atoms with Gasteiger partial charge in [0.25, 0.3) is 5.91 Å². The zero-order valence-corrected chi connectivity index (χ0v) is 16.4. The summed E-state index contributed by atoms with van der Waals surface area (Å²) in [7, 11) is 0. The van der Waals surface area contributed by atoms with E-state index >= 15 is 0 Å². The van der Waals surface area contributed by atoms with E-state index in [0.29, 0.717) is 28.6 Å². The number of fused-ring (bicyclic) bond motifs is 1. The molecule has 3 rings (SSSR count). The van der Waals surface area contributed by atoms with Gasteiger partial charge in [0.15, 0.2) is 0 Å². The number of benzene rings is 3. The first kappa shape index (κ1) is 19.5. The van der Waals surface area contributed by atoms with Crippen molar-refractivity contribution in [2.24, 2.45) is 0 Å². The van der Waals surface area contributed by atoms with Crippen molar-refractivity contribution in [3.8, 4) is 11.8 Å². The second-order valence-corrected chi connectivity index (χ2v) is 6.65. The van der Waals surface area contributed by atoms with Crippen molar-refractivity contribution in [2.75, 3.05) is 11.9 Å². The van der Waals surface area contributed by atoms with Crippen LogP contribution in [0.5, 0.6) is 5.75 Å². The predicted octanol–water partition coefficient (Wildman–Crippen LogP) is 5.75. The third kappa shape index (κ3) is 4.16. The Labute approximate surface area is 169 Å². The van der Waals surface area contributed by atoms with Crippen molar-refractivity contribution in [1.29, 1.82) is 5.26 Å². The maximum absolute atomic E-state index is 12.7. The Morgan fingerprint density at radius 2 is 2.00 bits per heavy atom. The summed E-state index contributed by atoms with van der Waals surface area (Å²) in [5.41, 5.74) is 2.11. The Kier molecular flexibility index (Phi) is 5.98. The van der Waals surface area contributed by atoms with E-state index in [-0.39, 0.29) is 5.57 Å². The number of anilines is 1. The smallest absolute Gasteiger partial charge is 0.266 e. The average Bonchev–Trinajstić information content (AvgIpc) is 2.70. The van der Waals surface area contributed by atoms with Crippen LogP contribution in [-0.4, -0.2) is 12.5 Å². The van der Waals surface area contributed by atoms with Gasteiger partial charge in [0.1, 0.15) is 17.4 Å². The zero-order chi connectivity index (χ0) is 20.1. The average molecular weight is 391 g/mol. The van der Waals surface area contributed by atoms with Crippen LogP contribution in [0.3, 0.4) is 0 Å². The highest BCUT2D eigenvalue weighted by atomic mass is 35.5. The molecule has 0 fully saturated rings. The SMILES string of the molecule is CCOc1ccc2ccccc2c1/C=C(\C#N)C(=O)Nc1cc(Cl)ccc1C. The van der Waals surface area contributed by atoms with Gasteiger partial charge < -0.3 is 10.1 Å². The minimum absolute atomic E-state index is 0.0170. The Hall–Kier alpha value is -3.29. The lowest BCUT2D eigenvalue weighted by molar-refractivity contribution is -0.112. The molecule has 0 aliphatic heterocycles. The molecule has 5 heteroatoms. The Bertz CT molecular complexity index is 1110. The maximum Gasteiger partial charge on any atom is 0.266 e. The summed E-state index contributed by atoms with van der Waals surface area (Å²) in [5.74, 6) is 0.129. The van der Waals surface area contributed by atoms with Gasteiger partial charge in [-0.05, 0) is 54.5 Å². The lowest BCUT2D eigenvalue weighted by Crippen LogP contribution is -2.14. The maximum atomic E-state index is 12.7. The van der Waals surface area contributed by atoms with Crippen LogP contribution in [-0.2, 0) is 4.79 Å². The predicted molar refractivity (Wildman–Crippen MR) is 114 cm³/mol. The van der Waals surface area contributed by atoms with Gasteiger partial charge in [0.05, 0.1) is 6.61 Å². The Balaban J connectivity index is 2.05. The standard InChI is InChI=1S/C23H19ClN2O2/c1-3-28-22-11-9-16-6-4-5-7-19(16)20(22)12-17(14-25)23(27)26-21-13-18(24)10-8-15(21)2/h4-13H,3H2,1-2H3,(H,26,27)/b17-12+. The Morgan fingerprint density at radius 3 is 2.75 bits per heavy atom. The molecule has 140 valence electrons. The molecule has 1 amide bonds. The quantitative estimate of drug-likeness (QED) is 0.446. The third-order valence-electron chi connectivity index (χ3n) is 4.33. The van der Waals surface area contributed by atoms with Crippen LogP contribution in [0.25, 0.3) is 16.8 Å². The van der Waals surface area contributed by atoms with Gasteiger partial charge in [-0.3, -0.25) is 4.79 Å². The van der Waals surface area contributed by atoms with Gasteiger partial charge >= 0.3 is 0 Å². The van der Waals surface area contributed by atoms with Gasteiger partial charge in [-0.15, -0.1) is 0 Å². The number of nitrogens with zero attached hydrogens (tertiary/aromatic N) is 1. The fourth-order valence-electron chi connectivity index (χ4n) is 2.92. The topological polar surface area (TPSA) is 62.1 Å². The molecule has 0 spiro atoms. The van der Waals surface area contributed by atoms with Gasteiger partial charge in [-0.2, -0.15) is 5.26 Å². The number of hydrogen-bond acceptors (Lipinski definition) is 3. The number of carbonyl (C=O) groups is 1. The summed E-state index contributed by atoms with van der Waals surface area (Å²) in [4.78, 5) is 12.7. The van der Waals surface area contributed by atoms with E-state index in [4.69, 9.17) is 16.3 Å². The molecule has 0 bridgehead atoms. The number of carbonyl (C=O) groups excluding carboxylic acids is 1. The van der Waals surface area contributed by atoms with Crippen LogP contribution in [0, 0.1) is 18.3 Å². The van der Waals surface area contributed by atoms with E-state index in [9.17, 15) is 10.1 Å². The van der Waals surface area contributed by atoms with Crippen molar-refractivity contribution in [3.63, 3.8) is 0 Å². The molecular weight excluding hydrogens is 372 g/mol. The second-order valence-electron chi connectivity index (χ2n) is 6.21. The minimum atomic E-state index is -0.497. The molecule has 3 aromatic rings. The molecule has 4 nitrogen and oxygen atoms in total. The fourth-order valence-corrected chi connectivity index (χ4v) is 3.09. The summed E-state index contributed by atoms with van der Waals surface area (Å²) in [5, 5.41) is 14.8. The third-order valence-corrected chi connectivity index (χ3v) is 4.57. The zero-order valence-electron chi connectivity index (χ0n) is 15.6. The minimum Gasteiger partial charge on any atom is -0.493 e. The highest BCUT2D eigenvalue weighted by Gasteiger charge is 2.14. The van der Waals surface area contributed by atoms with Crippen LogP contribution in [0.2, 0.25) is 5.02 Å². The van der Waals surface area contributed by atoms with Crippen molar-refractivity contribution >= 4 is 40.0 Å². The number of hydrogen-bond donors (Lipinski definition) is 1. The number of ether oxygens (including phenoxy) is 1. The summed E-state index contributed by atoms with van der Waals surface area (Å²) >= 11 is 6.02. The number of nitriles is 1. The van der Waals surface area contributed by atoms with Crippen molar-refractivity contribution in [3.05, 3.63) is 76.3 Å². The van der Waals surface area contributed by atoms with Gasteiger partial charge in [0, 0.05) is 16.3 Å². The van der Waals surface area contributed by atoms with Crippen LogP contribution in [0.15, 0.2) is 60.2 Å². The summed E-state index contributed by atoms with van der Waals surface area (Å²) in [6.45, 7) is 4.23. The van der Waals surface area contributed by atoms with Crippen LogP contribution in [0.1, 0.15) is 18.1 Å².